The highest BCUT2D eigenvalue weighted by atomic mass is 32.2. The first kappa shape index (κ1) is 13.5. The number of hydrogen-bond donors (Lipinski definition) is 0. The molecule has 0 aliphatic carbocycles. The molecule has 0 spiro atoms. The van der Waals surface area contributed by atoms with Crippen LogP contribution in [-0.4, -0.2) is 28.8 Å². The first-order valence-electron chi connectivity index (χ1n) is 4.62. The lowest BCUT2D eigenvalue weighted by Crippen LogP contribution is -2.06. The highest BCUT2D eigenvalue weighted by Gasteiger charge is 2.04. The topological polar surface area (TPSA) is 26.3 Å². The zero-order valence-electron chi connectivity index (χ0n) is 8.84. The Labute approximate surface area is 109 Å². The van der Waals surface area contributed by atoms with Crippen LogP contribution in [0.15, 0.2) is 35.2 Å². The average molecular weight is 272 g/mol. The van der Waals surface area contributed by atoms with E-state index in [0.29, 0.717) is 5.75 Å². The summed E-state index contributed by atoms with van der Waals surface area (Å²) in [5, 5.41) is 0. The molecule has 0 unspecified atom stereocenters. The molecule has 1 aromatic carbocycles. The molecule has 0 aliphatic rings. The number of carbonyl (C=O) groups excluding carboxylic acids is 1. The quantitative estimate of drug-likeness (QED) is 0.466. The first-order chi connectivity index (χ1) is 7.72. The second-order valence-electron chi connectivity index (χ2n) is 2.84. The highest BCUT2D eigenvalue weighted by Crippen LogP contribution is 2.20. The van der Waals surface area contributed by atoms with Crippen molar-refractivity contribution in [1.82, 2.24) is 0 Å². The summed E-state index contributed by atoms with van der Waals surface area (Å²) < 4.78 is 5.36. The molecule has 0 radical (unpaired) electrons. The fourth-order valence-corrected chi connectivity index (χ4v) is 2.79. The minimum absolute atomic E-state index is 0.239. The standard InChI is InChI=1S/C11H12O2S3/c1-13-10(12)7-16-11(14)8-15-9-5-3-2-4-6-9/h2-6H,7-8H2,1H3. The second-order valence-corrected chi connectivity index (χ2v) is 5.71. The lowest BCUT2D eigenvalue weighted by molar-refractivity contribution is -0.137. The Morgan fingerprint density at radius 3 is 2.62 bits per heavy atom. The van der Waals surface area contributed by atoms with Crippen molar-refractivity contribution in [3.63, 3.8) is 0 Å². The van der Waals surface area contributed by atoms with Gasteiger partial charge in [0.2, 0.25) is 0 Å². The van der Waals surface area contributed by atoms with Gasteiger partial charge in [0, 0.05) is 10.6 Å². The van der Waals surface area contributed by atoms with E-state index in [1.54, 1.807) is 11.8 Å². The van der Waals surface area contributed by atoms with Crippen molar-refractivity contribution in [3.05, 3.63) is 30.3 Å². The molecule has 0 saturated carbocycles. The van der Waals surface area contributed by atoms with Gasteiger partial charge in [-0.15, -0.1) is 23.5 Å². The van der Waals surface area contributed by atoms with Crippen LogP contribution in [0.4, 0.5) is 0 Å². The predicted molar refractivity (Wildman–Crippen MR) is 74.2 cm³/mol. The maximum absolute atomic E-state index is 10.9. The van der Waals surface area contributed by atoms with Gasteiger partial charge in [0.25, 0.3) is 0 Å². The van der Waals surface area contributed by atoms with E-state index >= 15 is 0 Å². The number of carbonyl (C=O) groups is 1. The van der Waals surface area contributed by atoms with E-state index in [1.165, 1.54) is 23.8 Å². The van der Waals surface area contributed by atoms with Crippen LogP contribution in [0, 0.1) is 0 Å². The summed E-state index contributed by atoms with van der Waals surface area (Å²) >= 11 is 8.19. The number of benzene rings is 1. The molecule has 86 valence electrons. The van der Waals surface area contributed by atoms with Crippen molar-refractivity contribution in [2.24, 2.45) is 0 Å². The normalized spacial score (nSPS) is 9.81. The molecule has 16 heavy (non-hydrogen) atoms. The Hall–Kier alpha value is -0.520. The smallest absolute Gasteiger partial charge is 0.316 e. The summed E-state index contributed by atoms with van der Waals surface area (Å²) in [5.41, 5.74) is 0. The number of ether oxygens (including phenoxy) is 1. The summed E-state index contributed by atoms with van der Waals surface area (Å²) in [6.45, 7) is 0. The van der Waals surface area contributed by atoms with Gasteiger partial charge in [0.15, 0.2) is 0 Å². The van der Waals surface area contributed by atoms with E-state index in [2.05, 4.69) is 4.74 Å². The Kier molecular flexibility index (Phi) is 6.52. The Morgan fingerprint density at radius 2 is 2.00 bits per heavy atom. The molecule has 5 heteroatoms. The molecule has 1 rings (SSSR count). The van der Waals surface area contributed by atoms with Gasteiger partial charge >= 0.3 is 5.97 Å². The number of thiocarbonyl (C=S) groups is 1. The molecule has 2 nitrogen and oxygen atoms in total. The molecular weight excluding hydrogens is 260 g/mol. The van der Waals surface area contributed by atoms with Crippen LogP contribution in [0.25, 0.3) is 0 Å². The fourth-order valence-electron chi connectivity index (χ4n) is 0.899. The van der Waals surface area contributed by atoms with Crippen LogP contribution in [0.5, 0.6) is 0 Å². The summed E-state index contributed by atoms with van der Waals surface area (Å²) in [7, 11) is 1.38. The predicted octanol–water partition coefficient (Wildman–Crippen LogP) is 3.01. The van der Waals surface area contributed by atoms with Crippen molar-refractivity contribution < 1.29 is 9.53 Å². The Balaban J connectivity index is 2.23. The van der Waals surface area contributed by atoms with Gasteiger partial charge in [-0.1, -0.05) is 30.4 Å². The zero-order chi connectivity index (χ0) is 11.8. The molecular formula is C11H12O2S3. The summed E-state index contributed by atoms with van der Waals surface area (Å²) in [6.07, 6.45) is 0. The highest BCUT2D eigenvalue weighted by molar-refractivity contribution is 8.25. The summed E-state index contributed by atoms with van der Waals surface area (Å²) in [5.74, 6) is 0.795. The van der Waals surface area contributed by atoms with Gasteiger partial charge in [0.1, 0.15) is 0 Å². The maximum atomic E-state index is 10.9. The Morgan fingerprint density at radius 1 is 1.31 bits per heavy atom. The van der Waals surface area contributed by atoms with Gasteiger partial charge in [-0.2, -0.15) is 0 Å². The molecule has 1 aromatic rings. The first-order valence-corrected chi connectivity index (χ1v) is 7.00. The van der Waals surface area contributed by atoms with Crippen molar-refractivity contribution >= 4 is 45.9 Å². The number of esters is 1. The second kappa shape index (κ2) is 7.70. The molecule has 0 aliphatic heterocycles. The van der Waals surface area contributed by atoms with Crippen molar-refractivity contribution in [1.29, 1.82) is 0 Å². The van der Waals surface area contributed by atoms with Crippen LogP contribution < -0.4 is 0 Å². The molecule has 0 N–H and O–H groups in total. The van der Waals surface area contributed by atoms with Gasteiger partial charge in [-0.3, -0.25) is 4.79 Å². The molecule has 0 aromatic heterocycles. The molecule has 0 bridgehead atoms. The third kappa shape index (κ3) is 5.53. The lowest BCUT2D eigenvalue weighted by Gasteiger charge is -2.02. The van der Waals surface area contributed by atoms with E-state index in [0.717, 1.165) is 9.95 Å². The monoisotopic (exact) mass is 272 g/mol. The number of hydrogen-bond acceptors (Lipinski definition) is 5. The van der Waals surface area contributed by atoms with Gasteiger partial charge in [0.05, 0.1) is 17.1 Å². The molecule has 0 heterocycles. The van der Waals surface area contributed by atoms with Crippen LogP contribution in [0.2, 0.25) is 0 Å². The van der Waals surface area contributed by atoms with Crippen molar-refractivity contribution in [3.8, 4) is 0 Å². The number of thioether (sulfide) groups is 2. The minimum atomic E-state index is -0.239. The lowest BCUT2D eigenvalue weighted by atomic mass is 10.4. The molecule has 0 atom stereocenters. The SMILES string of the molecule is COC(=O)CSC(=S)CSc1ccccc1. The molecule has 0 fully saturated rings. The van der Waals surface area contributed by atoms with Crippen LogP contribution >= 0.6 is 35.7 Å². The van der Waals surface area contributed by atoms with Crippen LogP contribution in [0.1, 0.15) is 0 Å². The average Bonchev–Trinajstić information content (AvgIpc) is 2.34. The van der Waals surface area contributed by atoms with Crippen molar-refractivity contribution in [2.45, 2.75) is 4.90 Å². The van der Waals surface area contributed by atoms with Crippen molar-refractivity contribution in [2.75, 3.05) is 18.6 Å². The largest absolute Gasteiger partial charge is 0.468 e. The van der Waals surface area contributed by atoms with Crippen LogP contribution in [0.3, 0.4) is 0 Å². The fraction of sp³-hybridized carbons (Fsp3) is 0.273. The van der Waals surface area contributed by atoms with E-state index < -0.39 is 0 Å². The van der Waals surface area contributed by atoms with E-state index in [4.69, 9.17) is 12.2 Å². The number of rotatable bonds is 5. The minimum Gasteiger partial charge on any atom is -0.468 e. The van der Waals surface area contributed by atoms with Gasteiger partial charge in [-0.25, -0.2) is 0 Å². The maximum Gasteiger partial charge on any atom is 0.316 e. The van der Waals surface area contributed by atoms with E-state index in [9.17, 15) is 4.79 Å². The number of methoxy groups -OCH3 is 1. The summed E-state index contributed by atoms with van der Waals surface area (Å²) in [4.78, 5) is 12.1. The van der Waals surface area contributed by atoms with E-state index in [1.807, 2.05) is 30.3 Å². The van der Waals surface area contributed by atoms with Gasteiger partial charge < -0.3 is 4.74 Å². The third-order valence-corrected chi connectivity index (χ3v) is 4.43. The zero-order valence-corrected chi connectivity index (χ0v) is 11.3. The van der Waals surface area contributed by atoms with E-state index in [-0.39, 0.29) is 5.97 Å². The summed E-state index contributed by atoms with van der Waals surface area (Å²) in [6, 6.07) is 10.0. The third-order valence-electron chi connectivity index (χ3n) is 1.68. The van der Waals surface area contributed by atoms with Gasteiger partial charge in [-0.05, 0) is 12.1 Å². The molecule has 0 saturated heterocycles. The molecule has 0 amide bonds. The van der Waals surface area contributed by atoms with Crippen LogP contribution in [-0.2, 0) is 9.53 Å². The Bertz CT molecular complexity index is 352.